The van der Waals surface area contributed by atoms with E-state index in [4.69, 9.17) is 50.1 Å². The summed E-state index contributed by atoms with van der Waals surface area (Å²) in [6.07, 6.45) is -9.50. The predicted octanol–water partition coefficient (Wildman–Crippen LogP) is 9.08. The van der Waals surface area contributed by atoms with Gasteiger partial charge < -0.3 is 19.6 Å². The molecule has 0 aliphatic rings. The zero-order chi connectivity index (χ0) is 47.3. The monoisotopic (exact) mass is 986 g/mol. The minimum absolute atomic E-state index is 0. The van der Waals surface area contributed by atoms with Crippen LogP contribution in [0.3, 0.4) is 0 Å². The molecule has 14 nitrogen and oxygen atoms in total. The molecule has 0 aliphatic heterocycles. The van der Waals surface area contributed by atoms with Gasteiger partial charge in [-0.2, -0.15) is 41.2 Å². The number of aromatic nitrogens is 2. The maximum absolute atomic E-state index is 14.2. The smallest absolute Gasteiger partial charge is 0.455 e. The van der Waals surface area contributed by atoms with E-state index in [-0.39, 0.29) is 75.9 Å². The van der Waals surface area contributed by atoms with Crippen LogP contribution in [0.15, 0.2) is 52.5 Å². The van der Waals surface area contributed by atoms with Crippen molar-refractivity contribution in [2.24, 2.45) is 10.9 Å². The molecule has 4 aromatic rings. The molecule has 4 rings (SSSR count). The fourth-order valence-electron chi connectivity index (χ4n) is 4.32. The number of nitrogen functional groups attached to an aromatic ring is 1. The van der Waals surface area contributed by atoms with Crippen molar-refractivity contribution < 1.29 is 72.9 Å². The van der Waals surface area contributed by atoms with Gasteiger partial charge >= 0.3 is 30.3 Å². The molecule has 1 heterocycles. The van der Waals surface area contributed by atoms with E-state index in [1.54, 1.807) is 20.8 Å². The lowest BCUT2D eigenvalue weighted by atomic mass is 10.1. The van der Waals surface area contributed by atoms with Crippen LogP contribution in [-0.2, 0) is 25.2 Å². The molecule has 344 valence electrons. The van der Waals surface area contributed by atoms with E-state index in [1.807, 2.05) is 5.43 Å². The fourth-order valence-corrected chi connectivity index (χ4v) is 5.00. The molecule has 0 amide bonds. The number of nitrogens with zero attached hydrogens (tertiary/aromatic N) is 3. The zero-order valence-corrected chi connectivity index (χ0v) is 35.5. The van der Waals surface area contributed by atoms with Gasteiger partial charge in [0, 0.05) is 5.56 Å². The number of hydrazone groups is 1. The first kappa shape index (κ1) is 55.4. The average Bonchev–Trinajstić information content (AvgIpc) is 3.17. The summed E-state index contributed by atoms with van der Waals surface area (Å²) >= 11 is 17.1. The van der Waals surface area contributed by atoms with Crippen molar-refractivity contribution in [2.75, 3.05) is 30.7 Å². The summed E-state index contributed by atoms with van der Waals surface area (Å²) < 4.78 is 130. The lowest BCUT2D eigenvalue weighted by Gasteiger charge is -2.13. The van der Waals surface area contributed by atoms with Gasteiger partial charge in [0.05, 0.1) is 80.9 Å². The molecule has 0 saturated heterocycles. The highest BCUT2D eigenvalue weighted by Gasteiger charge is 2.37. The number of alkyl halides is 6. The summed E-state index contributed by atoms with van der Waals surface area (Å²) in [6, 6.07) is 5.53. The second-order valence-electron chi connectivity index (χ2n) is 11.3. The number of anilines is 2. The summed E-state index contributed by atoms with van der Waals surface area (Å²) in [7, 11) is 0. The molecule has 0 atom stereocenters. The number of nitrogens with one attached hydrogen (secondary N) is 2. The first-order valence-electron chi connectivity index (χ1n) is 16.9. The molecule has 0 fully saturated rings. The number of rotatable bonds is 11. The van der Waals surface area contributed by atoms with Crippen LogP contribution in [-0.4, -0.2) is 65.7 Å². The van der Waals surface area contributed by atoms with Gasteiger partial charge in [-0.1, -0.05) is 34.8 Å². The van der Waals surface area contributed by atoms with Crippen LogP contribution in [0.4, 0.5) is 50.9 Å². The number of halogens is 13. The molecule has 0 bridgehead atoms. The van der Waals surface area contributed by atoms with Gasteiger partial charge in [-0.15, -0.1) is 12.4 Å². The summed E-state index contributed by atoms with van der Waals surface area (Å²) in [4.78, 5) is 57.4. The SMILES string of the molecule is CCOC(=O)c1cc(-n2ncc(C(F)(F)F)c(C)c2=O)c(F)cc1Cl.CCOC(=O)c1cc(N/N=C/C(=O)C(F)(F)F)c(F)cc1Cl.CCOC(=O)c1cc(NN)c(F)cc1Cl.Cl. The Kier molecular flexibility index (Phi) is 21.4. The normalized spacial score (nSPS) is 10.9. The summed E-state index contributed by atoms with van der Waals surface area (Å²) in [5, 5.41) is 5.81. The number of ether oxygens (including phenoxy) is 3. The van der Waals surface area contributed by atoms with Gasteiger partial charge in [-0.3, -0.25) is 20.9 Å². The van der Waals surface area contributed by atoms with Crippen LogP contribution in [0.5, 0.6) is 0 Å². The quantitative estimate of drug-likeness (QED) is 0.0323. The van der Waals surface area contributed by atoms with Gasteiger partial charge in [-0.25, -0.2) is 27.6 Å². The molecule has 0 radical (unpaired) electrons. The Bertz CT molecular complexity index is 2400. The largest absolute Gasteiger partial charge is 0.462 e. The van der Waals surface area contributed by atoms with Crippen molar-refractivity contribution in [2.45, 2.75) is 40.0 Å². The third-order valence-electron chi connectivity index (χ3n) is 7.19. The van der Waals surface area contributed by atoms with E-state index >= 15 is 0 Å². The molecule has 27 heteroatoms. The third kappa shape index (κ3) is 15.3. The Morgan fingerprint density at radius 1 is 0.746 bits per heavy atom. The lowest BCUT2D eigenvalue weighted by molar-refractivity contribution is -0.162. The Morgan fingerprint density at radius 2 is 1.16 bits per heavy atom. The Hall–Kier alpha value is -5.62. The molecular weight excluding hydrogens is 957 g/mol. The van der Waals surface area contributed by atoms with Crippen LogP contribution >= 0.6 is 47.2 Å². The summed E-state index contributed by atoms with van der Waals surface area (Å²) in [5.41, 5.74) is -0.403. The summed E-state index contributed by atoms with van der Waals surface area (Å²) in [6.45, 7) is 5.99. The fraction of sp³-hybridized carbons (Fsp3) is 0.250. The zero-order valence-electron chi connectivity index (χ0n) is 32.4. The number of nitrogens with two attached hydrogens (primary N) is 1. The molecule has 1 aromatic heterocycles. The van der Waals surface area contributed by atoms with Gasteiger partial charge in [-0.05, 0) is 64.1 Å². The van der Waals surface area contributed by atoms with E-state index < -0.39 is 81.6 Å². The third-order valence-corrected chi connectivity index (χ3v) is 8.13. The maximum Gasteiger partial charge on any atom is 0.455 e. The van der Waals surface area contributed by atoms with Crippen molar-refractivity contribution in [1.29, 1.82) is 0 Å². The van der Waals surface area contributed by atoms with Crippen LogP contribution < -0.4 is 22.3 Å². The number of hydrogen-bond donors (Lipinski definition) is 3. The molecule has 63 heavy (non-hydrogen) atoms. The van der Waals surface area contributed by atoms with Crippen molar-refractivity contribution in [3.05, 3.63) is 113 Å². The number of hydrazine groups is 1. The first-order chi connectivity index (χ1) is 28.8. The highest BCUT2D eigenvalue weighted by atomic mass is 35.5. The van der Waals surface area contributed by atoms with Crippen molar-refractivity contribution in [3.8, 4) is 5.69 Å². The molecule has 3 aromatic carbocycles. The van der Waals surface area contributed by atoms with Crippen molar-refractivity contribution >= 4 is 88.5 Å². The molecular formula is C36H31Cl4F9N6O8. The first-order valence-corrected chi connectivity index (χ1v) is 18.0. The average molecular weight is 988 g/mol. The number of benzene rings is 3. The number of hydrogen-bond acceptors (Lipinski definition) is 13. The molecule has 0 unspecified atom stereocenters. The molecule has 0 saturated carbocycles. The number of Topliss-reactive ketones (excluding diaryl/α,β-unsaturated/α-hetero) is 1. The van der Waals surface area contributed by atoms with E-state index in [9.17, 15) is 63.5 Å². The topological polar surface area (TPSA) is 193 Å². The van der Waals surface area contributed by atoms with Gasteiger partial charge in [0.25, 0.3) is 11.3 Å². The van der Waals surface area contributed by atoms with Crippen LogP contribution in [0, 0.1) is 24.4 Å². The van der Waals surface area contributed by atoms with Gasteiger partial charge in [0.2, 0.25) is 0 Å². The summed E-state index contributed by atoms with van der Waals surface area (Å²) in [5.74, 6) is -2.13. The van der Waals surface area contributed by atoms with E-state index in [2.05, 4.69) is 20.4 Å². The van der Waals surface area contributed by atoms with E-state index in [1.165, 1.54) is 6.07 Å². The Morgan fingerprint density at radius 3 is 1.57 bits per heavy atom. The molecule has 0 aliphatic carbocycles. The van der Waals surface area contributed by atoms with Crippen LogP contribution in [0.25, 0.3) is 5.69 Å². The molecule has 4 N–H and O–H groups in total. The number of carbonyl (C=O) groups is 4. The van der Waals surface area contributed by atoms with E-state index in [0.717, 1.165) is 37.3 Å². The number of carbonyl (C=O) groups excluding carboxylic acids is 4. The highest BCUT2D eigenvalue weighted by Crippen LogP contribution is 2.31. The number of esters is 3. The van der Waals surface area contributed by atoms with Crippen molar-refractivity contribution in [3.63, 3.8) is 0 Å². The van der Waals surface area contributed by atoms with E-state index in [0.29, 0.717) is 10.9 Å². The second kappa shape index (κ2) is 24.3. The Balaban J connectivity index is 0.000000483. The molecule has 0 spiro atoms. The van der Waals surface area contributed by atoms with Gasteiger partial charge in [0.15, 0.2) is 5.82 Å². The second-order valence-corrected chi connectivity index (χ2v) is 12.6. The van der Waals surface area contributed by atoms with Gasteiger partial charge in [0.1, 0.15) is 17.3 Å². The highest BCUT2D eigenvalue weighted by molar-refractivity contribution is 6.34. The minimum atomic E-state index is -5.08. The standard InChI is InChI=1S/C15H11ClF4N2O3.C12H9ClF4N2O3.C9H10ClFN2O2.ClH/c1-3-25-14(24)8-4-12(11(17)5-10(8)16)22-13(23)7(2)9(6-21-22)15(18,19)20;1-2-22-11(21)6-3-9(8(14)4-7(6)13)19-18-5-10(20)12(15,16)17;1-2-15-9(14)5-3-8(13-12)7(11)4-6(5)10;/h4-6H,3H2,1-2H3;3-5,19H,2H2,1H3;3-4,13H,2,12H2,1H3;1H/b;18-5+;;. The maximum atomic E-state index is 14.2. The van der Waals surface area contributed by atoms with Crippen LogP contribution in [0.1, 0.15) is 63.0 Å². The predicted molar refractivity (Wildman–Crippen MR) is 213 cm³/mol. The Labute approximate surface area is 370 Å². The lowest BCUT2D eigenvalue weighted by Crippen LogP contribution is -2.28. The van der Waals surface area contributed by atoms with Crippen LogP contribution in [0.2, 0.25) is 15.1 Å². The minimum Gasteiger partial charge on any atom is -0.462 e. The number of ketones is 1. The van der Waals surface area contributed by atoms with Crippen molar-refractivity contribution in [1.82, 2.24) is 9.78 Å².